The average molecular weight is 717 g/mol. The Morgan fingerprint density at radius 1 is 0.339 bits per heavy atom. The molecule has 0 fully saturated rings. The van der Waals surface area contributed by atoms with Crippen molar-refractivity contribution >= 4 is 0 Å². The summed E-state index contributed by atoms with van der Waals surface area (Å²) in [5.41, 5.74) is 21.2. The van der Waals surface area contributed by atoms with E-state index in [0.29, 0.717) is 11.8 Å². The van der Waals surface area contributed by atoms with E-state index in [1.807, 2.05) is 0 Å². The van der Waals surface area contributed by atoms with Crippen LogP contribution in [0.3, 0.4) is 0 Å². The third-order valence-electron chi connectivity index (χ3n) is 13.4. The van der Waals surface area contributed by atoms with Crippen molar-refractivity contribution in [3.8, 4) is 44.9 Å². The van der Waals surface area contributed by atoms with Crippen LogP contribution in [0, 0.1) is 0 Å². The average Bonchev–Trinajstić information content (AvgIpc) is 3.98. The fraction of sp³-hybridized carbons (Fsp3) is 0.127. The first-order valence-corrected chi connectivity index (χ1v) is 20.2. The van der Waals surface area contributed by atoms with Crippen LogP contribution in [0.2, 0.25) is 0 Å². The molecule has 4 aliphatic rings. The Morgan fingerprint density at radius 2 is 0.768 bits per heavy atom. The lowest BCUT2D eigenvalue weighted by molar-refractivity contribution is 0.436. The summed E-state index contributed by atoms with van der Waals surface area (Å²) in [4.78, 5) is 0. The van der Waals surface area contributed by atoms with E-state index in [1.165, 1.54) is 89.0 Å². The van der Waals surface area contributed by atoms with Crippen LogP contribution >= 0.6 is 0 Å². The molecule has 3 aliphatic carbocycles. The summed E-state index contributed by atoms with van der Waals surface area (Å²) in [7, 11) is 0. The number of rotatable bonds is 4. The van der Waals surface area contributed by atoms with Crippen LogP contribution < -0.4 is 4.74 Å². The molecule has 12 rings (SSSR count). The van der Waals surface area contributed by atoms with E-state index in [1.54, 1.807) is 0 Å². The zero-order chi connectivity index (χ0) is 36.8. The van der Waals surface area contributed by atoms with E-state index >= 15 is 0 Å². The lowest BCUT2D eigenvalue weighted by atomic mass is 9.66. The highest BCUT2D eigenvalue weighted by atomic mass is 16.5. The molecule has 0 N–H and O–H groups in total. The predicted octanol–water partition coefficient (Wildman–Crippen LogP) is 13.3. The van der Waals surface area contributed by atoms with Crippen LogP contribution in [0.1, 0.15) is 67.5 Å². The summed E-state index contributed by atoms with van der Waals surface area (Å²) in [6, 6.07) is 68.3. The SMILES string of the molecule is c1ccc2c(c1)CC(c1cc(-c3ccc(-c4ccc5c(c4)C4(c6ccccc6Oc6ccccc64)c4ccccc4-5)cc3)cc(C3Cc4ccccc4C3)c1)C2. The molecule has 56 heavy (non-hydrogen) atoms. The van der Waals surface area contributed by atoms with Crippen LogP contribution in [0.4, 0.5) is 0 Å². The Balaban J connectivity index is 0.953. The lowest BCUT2D eigenvalue weighted by Gasteiger charge is -2.39. The molecule has 0 bridgehead atoms. The minimum absolute atomic E-state index is 0.468. The van der Waals surface area contributed by atoms with Gasteiger partial charge in [0.2, 0.25) is 0 Å². The Kier molecular flexibility index (Phi) is 6.99. The Hall–Kier alpha value is -6.44. The highest BCUT2D eigenvalue weighted by molar-refractivity contribution is 5.90. The summed E-state index contributed by atoms with van der Waals surface area (Å²) in [6.45, 7) is 0. The maximum absolute atomic E-state index is 6.58. The third-order valence-corrected chi connectivity index (χ3v) is 13.4. The smallest absolute Gasteiger partial charge is 0.132 e. The minimum atomic E-state index is -0.468. The van der Waals surface area contributed by atoms with E-state index in [4.69, 9.17) is 4.74 Å². The first-order chi connectivity index (χ1) is 27.7. The van der Waals surface area contributed by atoms with Crippen LogP contribution in [0.15, 0.2) is 182 Å². The van der Waals surface area contributed by atoms with Gasteiger partial charge in [-0.05, 0) is 134 Å². The second-order valence-corrected chi connectivity index (χ2v) is 16.4. The van der Waals surface area contributed by atoms with Crippen molar-refractivity contribution in [1.29, 1.82) is 0 Å². The maximum atomic E-state index is 6.58. The van der Waals surface area contributed by atoms with Gasteiger partial charge in [-0.15, -0.1) is 0 Å². The van der Waals surface area contributed by atoms with Crippen molar-refractivity contribution in [1.82, 2.24) is 0 Å². The molecular weight excluding hydrogens is 677 g/mol. The monoisotopic (exact) mass is 716 g/mol. The molecule has 1 nitrogen and oxygen atoms in total. The zero-order valence-electron chi connectivity index (χ0n) is 31.2. The van der Waals surface area contributed by atoms with E-state index in [9.17, 15) is 0 Å². The molecule has 0 atom stereocenters. The highest BCUT2D eigenvalue weighted by Crippen LogP contribution is 2.62. The van der Waals surface area contributed by atoms with Crippen molar-refractivity contribution < 1.29 is 4.74 Å². The minimum Gasteiger partial charge on any atom is -0.457 e. The normalized spacial score (nSPS) is 15.7. The molecule has 0 aromatic heterocycles. The van der Waals surface area contributed by atoms with Gasteiger partial charge in [-0.25, -0.2) is 0 Å². The number of fused-ring (bicyclic) bond motifs is 11. The Morgan fingerprint density at radius 3 is 1.32 bits per heavy atom. The van der Waals surface area contributed by atoms with E-state index in [-0.39, 0.29) is 0 Å². The standard InChI is InChI=1S/C55H40O/c1-2-12-38-28-43(27-37(38)11-1)45-31-42(32-46(33-45)44-29-39-13-3-4-14-40(39)30-44)36-23-21-35(22-24-36)41-25-26-48-47-15-5-6-16-49(47)55(52(48)34-41)50-17-7-9-19-53(50)56-54-20-10-8-18-51(54)55/h1-26,31-34,43-44H,27-30H2. The predicted molar refractivity (Wildman–Crippen MR) is 228 cm³/mol. The summed E-state index contributed by atoms with van der Waals surface area (Å²) >= 11 is 0. The second-order valence-electron chi connectivity index (χ2n) is 16.4. The molecule has 0 saturated heterocycles. The van der Waals surface area contributed by atoms with Crippen LogP contribution in [0.5, 0.6) is 11.5 Å². The molecule has 1 aliphatic heterocycles. The summed E-state index contributed by atoms with van der Waals surface area (Å²) < 4.78 is 6.58. The fourth-order valence-electron chi connectivity index (χ4n) is 10.8. The van der Waals surface area contributed by atoms with Crippen LogP contribution in [-0.2, 0) is 31.1 Å². The van der Waals surface area contributed by atoms with Crippen molar-refractivity contribution in [2.75, 3.05) is 0 Å². The van der Waals surface area contributed by atoms with Gasteiger partial charge in [0, 0.05) is 11.1 Å². The molecule has 1 spiro atoms. The maximum Gasteiger partial charge on any atom is 0.132 e. The van der Waals surface area contributed by atoms with Crippen molar-refractivity contribution in [2.45, 2.75) is 42.9 Å². The molecule has 0 radical (unpaired) electrons. The van der Waals surface area contributed by atoms with Crippen molar-refractivity contribution in [3.63, 3.8) is 0 Å². The topological polar surface area (TPSA) is 9.23 Å². The summed E-state index contributed by atoms with van der Waals surface area (Å²) in [6.07, 6.45) is 4.47. The first-order valence-electron chi connectivity index (χ1n) is 20.2. The lowest BCUT2D eigenvalue weighted by Crippen LogP contribution is -2.32. The van der Waals surface area contributed by atoms with Gasteiger partial charge < -0.3 is 4.74 Å². The summed E-state index contributed by atoms with van der Waals surface area (Å²) in [5.74, 6) is 2.87. The number of ether oxygens (including phenoxy) is 1. The van der Waals surface area contributed by atoms with Crippen LogP contribution in [-0.4, -0.2) is 0 Å². The van der Waals surface area contributed by atoms with Gasteiger partial charge >= 0.3 is 0 Å². The van der Waals surface area contributed by atoms with E-state index in [0.717, 1.165) is 37.2 Å². The number of para-hydroxylation sites is 2. The molecule has 1 heterocycles. The summed E-state index contributed by atoms with van der Waals surface area (Å²) in [5, 5.41) is 0. The molecule has 0 amide bonds. The van der Waals surface area contributed by atoms with Gasteiger partial charge in [0.1, 0.15) is 11.5 Å². The van der Waals surface area contributed by atoms with E-state index in [2.05, 4.69) is 182 Å². The quantitative estimate of drug-likeness (QED) is 0.176. The fourth-order valence-corrected chi connectivity index (χ4v) is 10.8. The molecule has 266 valence electrons. The van der Waals surface area contributed by atoms with E-state index < -0.39 is 5.41 Å². The van der Waals surface area contributed by atoms with Crippen molar-refractivity contribution in [3.05, 3.63) is 238 Å². The Labute approximate surface area is 328 Å². The van der Waals surface area contributed by atoms with Gasteiger partial charge in [-0.3, -0.25) is 0 Å². The van der Waals surface area contributed by atoms with Gasteiger partial charge in [-0.1, -0.05) is 164 Å². The van der Waals surface area contributed by atoms with Gasteiger partial charge in [0.25, 0.3) is 0 Å². The number of hydrogen-bond donors (Lipinski definition) is 0. The molecule has 0 unspecified atom stereocenters. The first kappa shape index (κ1) is 31.9. The number of hydrogen-bond acceptors (Lipinski definition) is 1. The molecule has 8 aromatic carbocycles. The van der Waals surface area contributed by atoms with Gasteiger partial charge in [-0.2, -0.15) is 0 Å². The molecule has 8 aromatic rings. The van der Waals surface area contributed by atoms with Crippen molar-refractivity contribution in [2.24, 2.45) is 0 Å². The largest absolute Gasteiger partial charge is 0.457 e. The zero-order valence-corrected chi connectivity index (χ0v) is 31.2. The molecule has 1 heteroatoms. The number of benzene rings is 8. The highest BCUT2D eigenvalue weighted by Gasteiger charge is 2.51. The van der Waals surface area contributed by atoms with Crippen LogP contribution in [0.25, 0.3) is 33.4 Å². The molecular formula is C55H40O. The Bertz CT molecular complexity index is 2690. The van der Waals surface area contributed by atoms with Gasteiger partial charge in [0.15, 0.2) is 0 Å². The third kappa shape index (κ3) is 4.74. The molecule has 0 saturated carbocycles. The van der Waals surface area contributed by atoms with Gasteiger partial charge in [0.05, 0.1) is 5.41 Å². The second kappa shape index (κ2) is 12.3.